The molecule has 1 atom stereocenters. The molecular formula is C27H33FN4O3. The highest BCUT2D eigenvalue weighted by atomic mass is 19.1. The van der Waals surface area contributed by atoms with Crippen molar-refractivity contribution in [3.63, 3.8) is 0 Å². The van der Waals surface area contributed by atoms with Gasteiger partial charge in [-0.05, 0) is 69.5 Å². The van der Waals surface area contributed by atoms with Gasteiger partial charge in [-0.1, -0.05) is 36.4 Å². The number of urea groups is 1. The Morgan fingerprint density at radius 1 is 1.09 bits per heavy atom. The molecule has 4 rings (SSSR count). The number of hydrogen-bond acceptors (Lipinski definition) is 4. The van der Waals surface area contributed by atoms with Crippen molar-refractivity contribution in [2.45, 2.75) is 31.2 Å². The summed E-state index contributed by atoms with van der Waals surface area (Å²) in [6.45, 7) is 1.83. The summed E-state index contributed by atoms with van der Waals surface area (Å²) in [5.41, 5.74) is 0.439. The molecule has 2 fully saturated rings. The van der Waals surface area contributed by atoms with E-state index in [0.29, 0.717) is 57.4 Å². The van der Waals surface area contributed by atoms with Crippen molar-refractivity contribution in [1.82, 2.24) is 20.0 Å². The zero-order valence-electron chi connectivity index (χ0n) is 20.4. The van der Waals surface area contributed by atoms with Gasteiger partial charge in [-0.15, -0.1) is 0 Å². The number of carbonyl (C=O) groups excluding carboxylic acids is 3. The van der Waals surface area contributed by atoms with Gasteiger partial charge in [-0.25, -0.2) is 9.18 Å². The van der Waals surface area contributed by atoms with Crippen LogP contribution >= 0.6 is 0 Å². The third-order valence-electron chi connectivity index (χ3n) is 7.17. The van der Waals surface area contributed by atoms with Gasteiger partial charge in [0.25, 0.3) is 11.8 Å². The Morgan fingerprint density at radius 3 is 2.46 bits per heavy atom. The van der Waals surface area contributed by atoms with Crippen molar-refractivity contribution < 1.29 is 18.8 Å². The van der Waals surface area contributed by atoms with Crippen molar-refractivity contribution >= 4 is 17.8 Å². The smallest absolute Gasteiger partial charge is 0.325 e. The predicted octanol–water partition coefficient (Wildman–Crippen LogP) is 3.16. The fraction of sp³-hybridized carbons (Fsp3) is 0.444. The van der Waals surface area contributed by atoms with Gasteiger partial charge in [-0.3, -0.25) is 14.5 Å². The van der Waals surface area contributed by atoms with E-state index < -0.39 is 11.4 Å². The van der Waals surface area contributed by atoms with Crippen LogP contribution in [-0.2, 0) is 11.2 Å². The lowest BCUT2D eigenvalue weighted by molar-refractivity contribution is -0.134. The second-order valence-corrected chi connectivity index (χ2v) is 9.72. The first-order valence-corrected chi connectivity index (χ1v) is 12.2. The Morgan fingerprint density at radius 2 is 1.80 bits per heavy atom. The zero-order valence-corrected chi connectivity index (χ0v) is 20.4. The standard InChI is InChI=1S/C27H33FN4O3/c1-30(2)17-18-32-25(34)27(29-26(32)35,14-11-20-7-4-3-5-8-20)22-12-15-31(16-13-22)24(33)21-9-6-10-23(28)19-21/h3-10,19,22H,11-18H2,1-2H3,(H,29,35). The van der Waals surface area contributed by atoms with Crippen LogP contribution in [0.25, 0.3) is 0 Å². The van der Waals surface area contributed by atoms with Gasteiger partial charge in [-0.2, -0.15) is 0 Å². The lowest BCUT2D eigenvalue weighted by Gasteiger charge is -2.41. The molecule has 186 valence electrons. The summed E-state index contributed by atoms with van der Waals surface area (Å²) < 4.78 is 13.6. The zero-order chi connectivity index (χ0) is 25.0. The van der Waals surface area contributed by atoms with Gasteiger partial charge in [0.05, 0.1) is 0 Å². The van der Waals surface area contributed by atoms with Crippen molar-refractivity contribution in [1.29, 1.82) is 0 Å². The molecule has 7 nitrogen and oxygen atoms in total. The van der Waals surface area contributed by atoms with Crippen LogP contribution in [0.4, 0.5) is 9.18 Å². The van der Waals surface area contributed by atoms with Crippen LogP contribution in [0.15, 0.2) is 54.6 Å². The number of rotatable bonds is 8. The highest BCUT2D eigenvalue weighted by Crippen LogP contribution is 2.37. The van der Waals surface area contributed by atoms with Gasteiger partial charge < -0.3 is 15.1 Å². The highest BCUT2D eigenvalue weighted by Gasteiger charge is 2.55. The number of carbonyl (C=O) groups is 3. The monoisotopic (exact) mass is 480 g/mol. The predicted molar refractivity (Wildman–Crippen MR) is 131 cm³/mol. The van der Waals surface area contributed by atoms with Crippen molar-refractivity contribution in [2.24, 2.45) is 5.92 Å². The molecule has 0 saturated carbocycles. The number of piperidine rings is 1. The summed E-state index contributed by atoms with van der Waals surface area (Å²) in [4.78, 5) is 44.6. The molecule has 0 aliphatic carbocycles. The van der Waals surface area contributed by atoms with E-state index in [0.717, 1.165) is 5.56 Å². The summed E-state index contributed by atoms with van der Waals surface area (Å²) in [7, 11) is 3.82. The Bertz CT molecular complexity index is 1070. The average molecular weight is 481 g/mol. The first kappa shape index (κ1) is 24.9. The maximum Gasteiger partial charge on any atom is 0.325 e. The Labute approximate surface area is 205 Å². The number of amides is 4. The van der Waals surface area contributed by atoms with E-state index in [1.807, 2.05) is 49.3 Å². The van der Waals surface area contributed by atoms with Crippen molar-refractivity contribution in [3.05, 3.63) is 71.5 Å². The minimum Gasteiger partial charge on any atom is -0.339 e. The van der Waals surface area contributed by atoms with Crippen LogP contribution in [0.3, 0.4) is 0 Å². The summed E-state index contributed by atoms with van der Waals surface area (Å²) >= 11 is 0. The SMILES string of the molecule is CN(C)CCN1C(=O)NC(CCc2ccccc2)(C2CCN(C(=O)c3cccc(F)c3)CC2)C1=O. The number of likely N-dealkylation sites (tertiary alicyclic amines) is 1. The van der Waals surface area contributed by atoms with Crippen LogP contribution in [0, 0.1) is 11.7 Å². The molecule has 2 aliphatic heterocycles. The van der Waals surface area contributed by atoms with E-state index in [1.165, 1.54) is 23.1 Å². The van der Waals surface area contributed by atoms with Crippen molar-refractivity contribution in [2.75, 3.05) is 40.3 Å². The summed E-state index contributed by atoms with van der Waals surface area (Å²) in [5, 5.41) is 3.08. The van der Waals surface area contributed by atoms with Gasteiger partial charge in [0, 0.05) is 31.7 Å². The molecule has 2 saturated heterocycles. The molecule has 0 radical (unpaired) electrons. The quantitative estimate of drug-likeness (QED) is 0.589. The fourth-order valence-corrected chi connectivity index (χ4v) is 5.16. The molecular weight excluding hydrogens is 447 g/mol. The lowest BCUT2D eigenvalue weighted by atomic mass is 9.74. The number of nitrogens with one attached hydrogen (secondary N) is 1. The topological polar surface area (TPSA) is 73.0 Å². The summed E-state index contributed by atoms with van der Waals surface area (Å²) in [6, 6.07) is 15.3. The number of aryl methyl sites for hydroxylation is 1. The van der Waals surface area contributed by atoms with Crippen LogP contribution in [-0.4, -0.2) is 78.4 Å². The normalized spacial score (nSPS) is 21.0. The second-order valence-electron chi connectivity index (χ2n) is 9.72. The van der Waals surface area contributed by atoms with Gasteiger partial charge in [0.2, 0.25) is 0 Å². The van der Waals surface area contributed by atoms with E-state index in [1.54, 1.807) is 11.0 Å². The molecule has 1 unspecified atom stereocenters. The van der Waals surface area contributed by atoms with Gasteiger partial charge in [0.15, 0.2) is 0 Å². The van der Waals surface area contributed by atoms with E-state index in [4.69, 9.17) is 0 Å². The van der Waals surface area contributed by atoms with Crippen molar-refractivity contribution in [3.8, 4) is 0 Å². The Kier molecular flexibility index (Phi) is 7.50. The molecule has 0 aromatic heterocycles. The fourth-order valence-electron chi connectivity index (χ4n) is 5.16. The maximum absolute atomic E-state index is 13.7. The summed E-state index contributed by atoms with van der Waals surface area (Å²) in [6.07, 6.45) is 2.34. The highest BCUT2D eigenvalue weighted by molar-refractivity contribution is 6.07. The Hall–Kier alpha value is -3.26. The van der Waals surface area contributed by atoms with Crippen LogP contribution in [0.2, 0.25) is 0 Å². The molecule has 35 heavy (non-hydrogen) atoms. The molecule has 1 N–H and O–H groups in total. The number of hydrogen-bond donors (Lipinski definition) is 1. The number of halogens is 1. The number of benzene rings is 2. The third-order valence-corrected chi connectivity index (χ3v) is 7.17. The van der Waals surface area contributed by atoms with Crippen LogP contribution in [0.1, 0.15) is 35.2 Å². The number of imide groups is 1. The minimum atomic E-state index is -0.993. The molecule has 2 aliphatic rings. The van der Waals surface area contributed by atoms with E-state index >= 15 is 0 Å². The van der Waals surface area contributed by atoms with E-state index in [2.05, 4.69) is 5.32 Å². The molecule has 0 spiro atoms. The average Bonchev–Trinajstić information content (AvgIpc) is 3.11. The van der Waals surface area contributed by atoms with Crippen LogP contribution < -0.4 is 5.32 Å². The molecule has 0 bridgehead atoms. The van der Waals surface area contributed by atoms with E-state index in [-0.39, 0.29) is 23.8 Å². The number of likely N-dealkylation sites (N-methyl/N-ethyl adjacent to an activating group) is 1. The first-order valence-electron chi connectivity index (χ1n) is 12.2. The summed E-state index contributed by atoms with van der Waals surface area (Å²) in [5.74, 6) is -0.919. The van der Waals surface area contributed by atoms with Gasteiger partial charge in [0.1, 0.15) is 11.4 Å². The molecule has 2 aromatic carbocycles. The maximum atomic E-state index is 13.7. The van der Waals surface area contributed by atoms with Crippen LogP contribution in [0.5, 0.6) is 0 Å². The largest absolute Gasteiger partial charge is 0.339 e. The molecule has 2 heterocycles. The Balaban J connectivity index is 1.51. The molecule has 8 heteroatoms. The van der Waals surface area contributed by atoms with E-state index in [9.17, 15) is 18.8 Å². The second kappa shape index (κ2) is 10.6. The lowest BCUT2D eigenvalue weighted by Crippen LogP contribution is -2.57. The first-order chi connectivity index (χ1) is 16.8. The minimum absolute atomic E-state index is 0.0939. The number of nitrogens with zero attached hydrogens (tertiary/aromatic N) is 3. The molecule has 2 aromatic rings. The molecule has 4 amide bonds. The van der Waals surface area contributed by atoms with Gasteiger partial charge >= 0.3 is 6.03 Å². The third kappa shape index (κ3) is 5.37.